The van der Waals surface area contributed by atoms with E-state index in [2.05, 4.69) is 10.4 Å². The largest absolute Gasteiger partial charge is 0.394 e. The number of nitrogens with zero attached hydrogens (tertiary/aromatic N) is 2. The van der Waals surface area contributed by atoms with Gasteiger partial charge in [0.05, 0.1) is 18.8 Å². The molecule has 0 unspecified atom stereocenters. The van der Waals surface area contributed by atoms with Gasteiger partial charge in [0, 0.05) is 18.8 Å². The van der Waals surface area contributed by atoms with Gasteiger partial charge < -0.3 is 10.4 Å². The first kappa shape index (κ1) is 9.22. The van der Waals surface area contributed by atoms with Crippen LogP contribution in [0.25, 0.3) is 0 Å². The van der Waals surface area contributed by atoms with E-state index in [1.54, 1.807) is 10.9 Å². The van der Waals surface area contributed by atoms with Crippen molar-refractivity contribution in [3.05, 3.63) is 18.0 Å². The number of hydrogen-bond donors (Lipinski definition) is 2. The van der Waals surface area contributed by atoms with Crippen molar-refractivity contribution in [2.75, 3.05) is 13.2 Å². The average Bonchev–Trinajstić information content (AvgIpc) is 2.47. The summed E-state index contributed by atoms with van der Waals surface area (Å²) in [6.07, 6.45) is 3.67. The molecule has 1 atom stereocenters. The Labute approximate surface area is 72.2 Å². The Morgan fingerprint density at radius 3 is 2.92 bits per heavy atom. The molecule has 0 fully saturated rings. The van der Waals surface area contributed by atoms with Gasteiger partial charge in [-0.25, -0.2) is 0 Å². The molecule has 0 aliphatic rings. The maximum Gasteiger partial charge on any atom is 0.0627 e. The van der Waals surface area contributed by atoms with Crippen LogP contribution in [0.1, 0.15) is 18.5 Å². The third-order valence-electron chi connectivity index (χ3n) is 1.76. The highest BCUT2D eigenvalue weighted by molar-refractivity contribution is 5.09. The Morgan fingerprint density at radius 2 is 2.50 bits per heavy atom. The van der Waals surface area contributed by atoms with Gasteiger partial charge >= 0.3 is 0 Å². The summed E-state index contributed by atoms with van der Waals surface area (Å²) in [5, 5.41) is 16.2. The summed E-state index contributed by atoms with van der Waals surface area (Å²) in [5.74, 6) is 0. The summed E-state index contributed by atoms with van der Waals surface area (Å²) in [4.78, 5) is 0. The molecule has 68 valence electrons. The molecule has 0 radical (unpaired) electrons. The number of aryl methyl sites for hydroxylation is 1. The molecule has 4 nitrogen and oxygen atoms in total. The first-order valence-corrected chi connectivity index (χ1v) is 4.10. The van der Waals surface area contributed by atoms with E-state index in [9.17, 15) is 0 Å². The van der Waals surface area contributed by atoms with E-state index in [0.717, 1.165) is 12.1 Å². The van der Waals surface area contributed by atoms with Crippen LogP contribution in [0.4, 0.5) is 0 Å². The van der Waals surface area contributed by atoms with Crippen LogP contribution in [-0.4, -0.2) is 28.0 Å². The third kappa shape index (κ3) is 2.06. The highest BCUT2D eigenvalue weighted by Crippen LogP contribution is 2.09. The van der Waals surface area contributed by atoms with Crippen molar-refractivity contribution in [3.63, 3.8) is 0 Å². The first-order valence-electron chi connectivity index (χ1n) is 4.10. The fourth-order valence-corrected chi connectivity index (χ4v) is 1.15. The van der Waals surface area contributed by atoms with Gasteiger partial charge in [0.2, 0.25) is 0 Å². The van der Waals surface area contributed by atoms with Crippen molar-refractivity contribution < 1.29 is 5.11 Å². The van der Waals surface area contributed by atoms with Crippen LogP contribution < -0.4 is 5.32 Å². The summed E-state index contributed by atoms with van der Waals surface area (Å²) < 4.78 is 1.73. The van der Waals surface area contributed by atoms with E-state index < -0.39 is 0 Å². The van der Waals surface area contributed by atoms with Crippen LogP contribution in [0.15, 0.2) is 12.4 Å². The molecule has 0 aliphatic heterocycles. The van der Waals surface area contributed by atoms with Crippen LogP contribution in [0.2, 0.25) is 0 Å². The molecule has 1 heterocycles. The predicted molar refractivity (Wildman–Crippen MR) is 46.7 cm³/mol. The molecule has 12 heavy (non-hydrogen) atoms. The maximum atomic E-state index is 9.02. The van der Waals surface area contributed by atoms with Gasteiger partial charge in [0.25, 0.3) is 0 Å². The van der Waals surface area contributed by atoms with Crippen LogP contribution in [0.5, 0.6) is 0 Å². The van der Waals surface area contributed by atoms with Gasteiger partial charge in [-0.3, -0.25) is 4.68 Å². The number of hydrogen-bond acceptors (Lipinski definition) is 3. The summed E-state index contributed by atoms with van der Waals surface area (Å²) in [5.41, 5.74) is 1.03. The summed E-state index contributed by atoms with van der Waals surface area (Å²) >= 11 is 0. The Hall–Kier alpha value is -0.870. The smallest absolute Gasteiger partial charge is 0.0627 e. The Kier molecular flexibility index (Phi) is 3.25. The highest BCUT2D eigenvalue weighted by atomic mass is 16.3. The van der Waals surface area contributed by atoms with Gasteiger partial charge in [-0.15, -0.1) is 0 Å². The SMILES string of the molecule is CCN[C@H](CO)c1cnn(C)c1. The van der Waals surface area contributed by atoms with Crippen LogP contribution in [-0.2, 0) is 7.05 Å². The number of aliphatic hydroxyl groups is 1. The van der Waals surface area contributed by atoms with Crippen molar-refractivity contribution >= 4 is 0 Å². The molecule has 1 rings (SSSR count). The molecule has 0 aliphatic carbocycles. The molecular weight excluding hydrogens is 154 g/mol. The molecule has 4 heteroatoms. The summed E-state index contributed by atoms with van der Waals surface area (Å²) in [6, 6.07) is 0.0173. The second-order valence-electron chi connectivity index (χ2n) is 2.74. The van der Waals surface area contributed by atoms with Gasteiger partial charge in [-0.05, 0) is 6.54 Å². The van der Waals surface area contributed by atoms with E-state index in [-0.39, 0.29) is 12.6 Å². The van der Waals surface area contributed by atoms with Crippen molar-refractivity contribution in [3.8, 4) is 0 Å². The van der Waals surface area contributed by atoms with Crippen molar-refractivity contribution in [1.29, 1.82) is 0 Å². The highest BCUT2D eigenvalue weighted by Gasteiger charge is 2.09. The number of likely N-dealkylation sites (N-methyl/N-ethyl adjacent to an activating group) is 1. The zero-order chi connectivity index (χ0) is 8.97. The zero-order valence-electron chi connectivity index (χ0n) is 7.49. The van der Waals surface area contributed by atoms with Crippen LogP contribution in [0, 0.1) is 0 Å². The minimum absolute atomic E-state index is 0.0173. The lowest BCUT2D eigenvalue weighted by atomic mass is 10.2. The predicted octanol–water partition coefficient (Wildman–Crippen LogP) is 0.0630. The van der Waals surface area contributed by atoms with E-state index in [4.69, 9.17) is 5.11 Å². The van der Waals surface area contributed by atoms with Crippen LogP contribution in [0.3, 0.4) is 0 Å². The quantitative estimate of drug-likeness (QED) is 0.670. The molecule has 1 aromatic rings. The van der Waals surface area contributed by atoms with E-state index in [0.29, 0.717) is 0 Å². The van der Waals surface area contributed by atoms with Crippen molar-refractivity contribution in [2.45, 2.75) is 13.0 Å². The second kappa shape index (κ2) is 4.23. The lowest BCUT2D eigenvalue weighted by molar-refractivity contribution is 0.246. The normalized spacial score (nSPS) is 13.2. The van der Waals surface area contributed by atoms with Crippen LogP contribution >= 0.6 is 0 Å². The number of nitrogens with one attached hydrogen (secondary N) is 1. The number of aromatic nitrogens is 2. The second-order valence-corrected chi connectivity index (χ2v) is 2.74. The van der Waals surface area contributed by atoms with Gasteiger partial charge in [0.15, 0.2) is 0 Å². The van der Waals surface area contributed by atoms with Crippen molar-refractivity contribution in [2.24, 2.45) is 7.05 Å². The van der Waals surface area contributed by atoms with Gasteiger partial charge in [-0.2, -0.15) is 5.10 Å². The maximum absolute atomic E-state index is 9.02. The van der Waals surface area contributed by atoms with E-state index >= 15 is 0 Å². The molecule has 1 aromatic heterocycles. The minimum atomic E-state index is 0.0173. The number of aliphatic hydroxyl groups excluding tert-OH is 1. The van der Waals surface area contributed by atoms with Gasteiger partial charge in [0.1, 0.15) is 0 Å². The fraction of sp³-hybridized carbons (Fsp3) is 0.625. The standard InChI is InChI=1S/C8H15N3O/c1-3-9-8(6-12)7-4-10-11(2)5-7/h4-5,8-9,12H,3,6H2,1-2H3/t8-/m1/s1. The van der Waals surface area contributed by atoms with Gasteiger partial charge in [-0.1, -0.05) is 6.92 Å². The summed E-state index contributed by atoms with van der Waals surface area (Å²) in [6.45, 7) is 2.97. The third-order valence-corrected chi connectivity index (χ3v) is 1.76. The minimum Gasteiger partial charge on any atom is -0.394 e. The Morgan fingerprint density at radius 1 is 1.75 bits per heavy atom. The summed E-state index contributed by atoms with van der Waals surface area (Å²) in [7, 11) is 1.86. The fourth-order valence-electron chi connectivity index (χ4n) is 1.15. The van der Waals surface area contributed by atoms with E-state index in [1.807, 2.05) is 20.2 Å². The molecule has 0 amide bonds. The number of rotatable bonds is 4. The van der Waals surface area contributed by atoms with Crippen molar-refractivity contribution in [1.82, 2.24) is 15.1 Å². The molecule has 0 spiro atoms. The van der Waals surface area contributed by atoms with E-state index in [1.165, 1.54) is 0 Å². The lowest BCUT2D eigenvalue weighted by Gasteiger charge is -2.11. The molecule has 0 bridgehead atoms. The topological polar surface area (TPSA) is 50.1 Å². The zero-order valence-corrected chi connectivity index (χ0v) is 7.49. The molecule has 0 aromatic carbocycles. The lowest BCUT2D eigenvalue weighted by Crippen LogP contribution is -2.23. The molecule has 0 saturated carbocycles. The monoisotopic (exact) mass is 169 g/mol. The average molecular weight is 169 g/mol. The Bertz CT molecular complexity index is 234. The Balaban J connectivity index is 2.66. The molecular formula is C8H15N3O. The molecule has 2 N–H and O–H groups in total. The first-order chi connectivity index (χ1) is 5.77. The molecule has 0 saturated heterocycles.